The molecule has 2 heterocycles. The highest BCUT2D eigenvalue weighted by Crippen LogP contribution is 2.28. The van der Waals surface area contributed by atoms with Crippen molar-refractivity contribution in [3.8, 4) is 0 Å². The van der Waals surface area contributed by atoms with E-state index in [-0.39, 0.29) is 6.42 Å². The number of para-hydroxylation sites is 1. The van der Waals surface area contributed by atoms with Crippen molar-refractivity contribution >= 4 is 17.5 Å². The van der Waals surface area contributed by atoms with Gasteiger partial charge in [-0.3, -0.25) is 9.59 Å². The van der Waals surface area contributed by atoms with Gasteiger partial charge in [-0.1, -0.05) is 18.2 Å². The number of rotatable bonds is 5. The zero-order valence-corrected chi connectivity index (χ0v) is 13.5. The molecule has 24 heavy (non-hydrogen) atoms. The Hall–Kier alpha value is -2.67. The fourth-order valence-corrected chi connectivity index (χ4v) is 2.84. The second-order valence-electron chi connectivity index (χ2n) is 5.96. The van der Waals surface area contributed by atoms with Crippen LogP contribution in [0.3, 0.4) is 0 Å². The minimum Gasteiger partial charge on any atom is -0.372 e. The summed E-state index contributed by atoms with van der Waals surface area (Å²) in [5.41, 5.74) is -0.292. The summed E-state index contributed by atoms with van der Waals surface area (Å²) in [6.07, 6.45) is 1.95. The number of H-pyrrole nitrogens is 1. The zero-order chi connectivity index (χ0) is 17.2. The summed E-state index contributed by atoms with van der Waals surface area (Å²) in [5.74, 6) is -1.22. The third kappa shape index (κ3) is 3.03. The van der Waals surface area contributed by atoms with Gasteiger partial charge in [0.25, 0.3) is 11.8 Å². The molecule has 3 N–H and O–H groups in total. The van der Waals surface area contributed by atoms with Gasteiger partial charge < -0.3 is 15.3 Å². The Morgan fingerprint density at radius 3 is 2.79 bits per heavy atom. The molecular weight excluding hydrogens is 308 g/mol. The Bertz CT molecular complexity index is 743. The molecule has 1 fully saturated rings. The molecule has 1 atom stereocenters. The van der Waals surface area contributed by atoms with Gasteiger partial charge in [0.05, 0.1) is 12.2 Å². The average molecular weight is 329 g/mol. The average Bonchev–Trinajstić information content (AvgIpc) is 3.13. The van der Waals surface area contributed by atoms with Gasteiger partial charge in [-0.25, -0.2) is 0 Å². The molecule has 0 bridgehead atoms. The third-order valence-corrected chi connectivity index (χ3v) is 4.20. The van der Waals surface area contributed by atoms with Gasteiger partial charge in [0, 0.05) is 24.7 Å². The lowest BCUT2D eigenvalue weighted by Crippen LogP contribution is -2.54. The SMILES string of the molecule is Cc1cc[n+](CCNC(=O)[C@@]2(O)CCN(c3ccccc3)C2=O)[nH]1. The monoisotopic (exact) mass is 329 g/mol. The van der Waals surface area contributed by atoms with Crippen molar-refractivity contribution in [2.75, 3.05) is 18.0 Å². The lowest BCUT2D eigenvalue weighted by molar-refractivity contribution is -0.748. The first-order valence-electron chi connectivity index (χ1n) is 7.93. The number of carbonyl (C=O) groups is 2. The quantitative estimate of drug-likeness (QED) is 0.528. The first-order chi connectivity index (χ1) is 11.5. The number of aryl methyl sites for hydroxylation is 1. The van der Waals surface area contributed by atoms with E-state index in [0.29, 0.717) is 25.3 Å². The number of anilines is 1. The van der Waals surface area contributed by atoms with Gasteiger partial charge in [0.15, 0.2) is 12.7 Å². The highest BCUT2D eigenvalue weighted by molar-refractivity contribution is 6.16. The predicted octanol–water partition coefficient (Wildman–Crippen LogP) is -0.105. The van der Waals surface area contributed by atoms with Crippen LogP contribution in [0.5, 0.6) is 0 Å². The van der Waals surface area contributed by atoms with Crippen molar-refractivity contribution in [2.24, 2.45) is 0 Å². The number of carbonyl (C=O) groups excluding carboxylic acids is 2. The third-order valence-electron chi connectivity index (χ3n) is 4.20. The first kappa shape index (κ1) is 16.2. The molecule has 0 radical (unpaired) electrons. The summed E-state index contributed by atoms with van der Waals surface area (Å²) in [6, 6.07) is 11.0. The van der Waals surface area contributed by atoms with Crippen molar-refractivity contribution in [2.45, 2.75) is 25.5 Å². The van der Waals surface area contributed by atoms with Crippen molar-refractivity contribution in [3.63, 3.8) is 0 Å². The molecule has 7 heteroatoms. The lowest BCUT2D eigenvalue weighted by Gasteiger charge is -2.21. The molecule has 2 aromatic rings. The van der Waals surface area contributed by atoms with Crippen LogP contribution >= 0.6 is 0 Å². The van der Waals surface area contributed by atoms with E-state index in [4.69, 9.17) is 0 Å². The summed E-state index contributed by atoms with van der Waals surface area (Å²) in [6.45, 7) is 3.11. The second-order valence-corrected chi connectivity index (χ2v) is 5.96. The van der Waals surface area contributed by atoms with E-state index < -0.39 is 17.4 Å². The van der Waals surface area contributed by atoms with Gasteiger partial charge >= 0.3 is 0 Å². The molecule has 0 unspecified atom stereocenters. The van der Waals surface area contributed by atoms with Crippen LogP contribution < -0.4 is 14.9 Å². The largest absolute Gasteiger partial charge is 0.372 e. The topological polar surface area (TPSA) is 89.3 Å². The standard InChI is InChI=1S/C17H20N4O3/c1-13-7-10-20(19-13)12-9-18-15(22)17(24)8-11-21(16(17)23)14-5-3-2-4-6-14/h2-7,10,24H,8-9,11-12H2,1H3,(H,18,22)/p+1/t17-/m0/s1. The van der Waals surface area contributed by atoms with Gasteiger partial charge in [-0.15, -0.1) is 4.68 Å². The molecule has 1 saturated heterocycles. The number of aromatic nitrogens is 2. The number of aromatic amines is 1. The predicted molar refractivity (Wildman–Crippen MR) is 87.1 cm³/mol. The molecule has 0 saturated carbocycles. The van der Waals surface area contributed by atoms with E-state index in [1.165, 1.54) is 4.90 Å². The Morgan fingerprint density at radius 2 is 2.12 bits per heavy atom. The van der Waals surface area contributed by atoms with Crippen LogP contribution in [0.15, 0.2) is 42.6 Å². The number of aliphatic hydroxyl groups is 1. The van der Waals surface area contributed by atoms with E-state index in [1.54, 1.807) is 12.1 Å². The van der Waals surface area contributed by atoms with Crippen LogP contribution in [0.25, 0.3) is 0 Å². The van der Waals surface area contributed by atoms with Crippen LogP contribution in [-0.2, 0) is 16.1 Å². The first-order valence-corrected chi connectivity index (χ1v) is 7.93. The zero-order valence-electron chi connectivity index (χ0n) is 13.5. The molecule has 126 valence electrons. The summed E-state index contributed by atoms with van der Waals surface area (Å²) in [7, 11) is 0. The number of hydrogen-bond acceptors (Lipinski definition) is 3. The molecule has 0 aliphatic carbocycles. The normalized spacial score (nSPS) is 20.4. The van der Waals surface area contributed by atoms with Crippen molar-refractivity contribution in [1.82, 2.24) is 10.4 Å². The molecule has 0 spiro atoms. The maximum atomic E-state index is 12.5. The van der Waals surface area contributed by atoms with Gasteiger partial charge in [0.2, 0.25) is 5.60 Å². The molecule has 1 aliphatic heterocycles. The van der Waals surface area contributed by atoms with E-state index in [2.05, 4.69) is 10.4 Å². The second kappa shape index (κ2) is 6.45. The minimum absolute atomic E-state index is 0.0846. The number of amides is 2. The molecule has 7 nitrogen and oxygen atoms in total. The highest BCUT2D eigenvalue weighted by atomic mass is 16.3. The van der Waals surface area contributed by atoms with E-state index in [0.717, 1.165) is 5.69 Å². The van der Waals surface area contributed by atoms with E-state index in [9.17, 15) is 14.7 Å². The summed E-state index contributed by atoms with van der Waals surface area (Å²) in [5, 5.41) is 16.3. The van der Waals surface area contributed by atoms with Crippen molar-refractivity contribution < 1.29 is 19.4 Å². The van der Waals surface area contributed by atoms with Crippen molar-refractivity contribution in [3.05, 3.63) is 48.3 Å². The number of hydrogen-bond donors (Lipinski definition) is 3. The van der Waals surface area contributed by atoms with Crippen LogP contribution in [0.2, 0.25) is 0 Å². The number of nitrogens with zero attached hydrogens (tertiary/aromatic N) is 2. The van der Waals surface area contributed by atoms with Gasteiger partial charge in [-0.2, -0.15) is 5.10 Å². The fourth-order valence-electron chi connectivity index (χ4n) is 2.84. The maximum Gasteiger partial charge on any atom is 0.268 e. The smallest absolute Gasteiger partial charge is 0.268 e. The Labute approximate surface area is 139 Å². The van der Waals surface area contributed by atoms with Crippen molar-refractivity contribution in [1.29, 1.82) is 0 Å². The molecular formula is C17H21N4O3+. The molecule has 1 aromatic carbocycles. The molecule has 2 amide bonds. The van der Waals surface area contributed by atoms with Crippen LogP contribution in [0.4, 0.5) is 5.69 Å². The fraction of sp³-hybridized carbons (Fsp3) is 0.353. The summed E-state index contributed by atoms with van der Waals surface area (Å²) >= 11 is 0. The Morgan fingerprint density at radius 1 is 1.38 bits per heavy atom. The van der Waals surface area contributed by atoms with Gasteiger partial charge in [-0.05, 0) is 19.1 Å². The maximum absolute atomic E-state index is 12.5. The minimum atomic E-state index is -1.99. The highest BCUT2D eigenvalue weighted by Gasteiger charge is 2.51. The van der Waals surface area contributed by atoms with Gasteiger partial charge in [0.1, 0.15) is 0 Å². The number of benzene rings is 1. The van der Waals surface area contributed by atoms with Crippen LogP contribution in [0, 0.1) is 6.92 Å². The Balaban J connectivity index is 1.61. The Kier molecular flexibility index (Phi) is 4.35. The summed E-state index contributed by atoms with van der Waals surface area (Å²) in [4.78, 5) is 26.3. The van der Waals surface area contributed by atoms with Crippen LogP contribution in [0.1, 0.15) is 12.1 Å². The summed E-state index contributed by atoms with van der Waals surface area (Å²) < 4.78 is 1.83. The molecule has 1 aromatic heterocycles. The van der Waals surface area contributed by atoms with Crippen LogP contribution in [-0.4, -0.2) is 40.7 Å². The van der Waals surface area contributed by atoms with E-state index >= 15 is 0 Å². The molecule has 1 aliphatic rings. The van der Waals surface area contributed by atoms with E-state index in [1.807, 2.05) is 42.1 Å². The molecule has 3 rings (SSSR count). The lowest BCUT2D eigenvalue weighted by atomic mass is 10.0. The number of nitrogens with one attached hydrogen (secondary N) is 2.